The zero-order valence-corrected chi connectivity index (χ0v) is 16.1. The molecule has 3 rings (SSSR count). The lowest BCUT2D eigenvalue weighted by molar-refractivity contribution is 0.133. The van der Waals surface area contributed by atoms with Crippen LogP contribution in [0.25, 0.3) is 0 Å². The topological polar surface area (TPSA) is 73.6 Å². The number of aryl methyl sites for hydroxylation is 1. The largest absolute Gasteiger partial charge is 0.385 e. The molecule has 142 valence electrons. The fraction of sp³-hybridized carbons (Fsp3) is 0.611. The van der Waals surface area contributed by atoms with E-state index in [1.807, 2.05) is 61.1 Å². The van der Waals surface area contributed by atoms with Crippen LogP contribution in [0.5, 0.6) is 0 Å². The van der Waals surface area contributed by atoms with E-state index in [4.69, 9.17) is 0 Å². The Hall–Kier alpha value is -2.03. The van der Waals surface area contributed by atoms with Gasteiger partial charge in [-0.1, -0.05) is 0 Å². The van der Waals surface area contributed by atoms with E-state index < -0.39 is 6.10 Å². The summed E-state index contributed by atoms with van der Waals surface area (Å²) in [6.45, 7) is 4.10. The molecule has 0 fully saturated rings. The van der Waals surface area contributed by atoms with Crippen molar-refractivity contribution in [1.82, 2.24) is 29.5 Å². The van der Waals surface area contributed by atoms with E-state index in [1.165, 1.54) is 0 Å². The van der Waals surface area contributed by atoms with Gasteiger partial charge in [-0.3, -0.25) is 9.58 Å². The van der Waals surface area contributed by atoms with E-state index in [0.717, 1.165) is 55.5 Å². The lowest BCUT2D eigenvalue weighted by Gasteiger charge is -2.19. The molecule has 2 aromatic heterocycles. The summed E-state index contributed by atoms with van der Waals surface area (Å²) in [5.41, 5.74) is 3.02. The monoisotopic (exact) mass is 359 g/mol. The molecule has 1 N–H and O–H groups in total. The summed E-state index contributed by atoms with van der Waals surface area (Å²) in [4.78, 5) is 15.1. The fourth-order valence-corrected chi connectivity index (χ4v) is 3.21. The van der Waals surface area contributed by atoms with Crippen molar-refractivity contribution < 1.29 is 5.11 Å². The Morgan fingerprint density at radius 3 is 2.54 bits per heavy atom. The third-order valence-electron chi connectivity index (χ3n) is 4.49. The van der Waals surface area contributed by atoms with E-state index in [1.54, 1.807) is 0 Å². The Morgan fingerprint density at radius 1 is 1.15 bits per heavy atom. The maximum Gasteiger partial charge on any atom is 0.224 e. The lowest BCUT2D eigenvalue weighted by Crippen LogP contribution is -2.23. The van der Waals surface area contributed by atoms with Gasteiger partial charge in [0.05, 0.1) is 11.4 Å². The Labute approximate surface area is 155 Å². The standard InChI is InChI=1S/C18H29N7O/c1-22(2)13-17(26)16-8-15-12-24(6-5-7-25(15)21-16)11-14-9-19-18(20-10-14)23(3)4/h8-10,17,26H,5-7,11-13H2,1-4H3/t17-/m1/s1. The molecule has 0 aliphatic carbocycles. The average Bonchev–Trinajstić information content (AvgIpc) is 2.88. The minimum absolute atomic E-state index is 0.551. The quantitative estimate of drug-likeness (QED) is 0.815. The van der Waals surface area contributed by atoms with Crippen molar-refractivity contribution in [2.45, 2.75) is 32.2 Å². The summed E-state index contributed by atoms with van der Waals surface area (Å²) in [6.07, 6.45) is 4.28. The molecule has 8 nitrogen and oxygen atoms in total. The summed E-state index contributed by atoms with van der Waals surface area (Å²) in [5, 5.41) is 15.0. The van der Waals surface area contributed by atoms with Crippen LogP contribution in [0.15, 0.2) is 18.5 Å². The van der Waals surface area contributed by atoms with Gasteiger partial charge in [-0.25, -0.2) is 9.97 Å². The van der Waals surface area contributed by atoms with Crippen LogP contribution in [0.1, 0.15) is 29.5 Å². The smallest absolute Gasteiger partial charge is 0.224 e. The van der Waals surface area contributed by atoms with E-state index in [-0.39, 0.29) is 0 Å². The maximum atomic E-state index is 10.3. The first-order chi connectivity index (χ1) is 12.4. The van der Waals surface area contributed by atoms with Crippen LogP contribution in [-0.2, 0) is 19.6 Å². The van der Waals surface area contributed by atoms with Crippen molar-refractivity contribution in [3.05, 3.63) is 35.4 Å². The highest BCUT2D eigenvalue weighted by atomic mass is 16.3. The fourth-order valence-electron chi connectivity index (χ4n) is 3.21. The number of aliphatic hydroxyl groups is 1. The van der Waals surface area contributed by atoms with Crippen molar-refractivity contribution in [3.8, 4) is 0 Å². The van der Waals surface area contributed by atoms with Gasteiger partial charge in [-0.2, -0.15) is 5.10 Å². The van der Waals surface area contributed by atoms with Gasteiger partial charge < -0.3 is 14.9 Å². The van der Waals surface area contributed by atoms with Crippen LogP contribution in [0, 0.1) is 0 Å². The van der Waals surface area contributed by atoms with Crippen LogP contribution >= 0.6 is 0 Å². The summed E-state index contributed by atoms with van der Waals surface area (Å²) >= 11 is 0. The van der Waals surface area contributed by atoms with Crippen LogP contribution < -0.4 is 4.90 Å². The van der Waals surface area contributed by atoms with Crippen LogP contribution in [0.2, 0.25) is 0 Å². The summed E-state index contributed by atoms with van der Waals surface area (Å²) in [7, 11) is 7.78. The second-order valence-electron chi connectivity index (χ2n) is 7.41. The van der Waals surface area contributed by atoms with Gasteiger partial charge in [0.1, 0.15) is 6.10 Å². The normalized spacial score (nSPS) is 16.4. The number of fused-ring (bicyclic) bond motifs is 1. The molecule has 1 aliphatic heterocycles. The number of hydrogen-bond donors (Lipinski definition) is 1. The van der Waals surface area contributed by atoms with Gasteiger partial charge in [0, 0.05) is 64.8 Å². The third kappa shape index (κ3) is 4.57. The number of nitrogens with zero attached hydrogens (tertiary/aromatic N) is 7. The number of rotatable bonds is 6. The van der Waals surface area contributed by atoms with Crippen LogP contribution in [0.4, 0.5) is 5.95 Å². The second-order valence-corrected chi connectivity index (χ2v) is 7.41. The molecule has 1 aliphatic rings. The molecule has 2 aromatic rings. The van der Waals surface area contributed by atoms with Crippen molar-refractivity contribution in [1.29, 1.82) is 0 Å². The zero-order valence-electron chi connectivity index (χ0n) is 16.1. The van der Waals surface area contributed by atoms with Crippen molar-refractivity contribution in [2.75, 3.05) is 46.2 Å². The predicted octanol–water partition coefficient (Wildman–Crippen LogP) is 0.740. The van der Waals surface area contributed by atoms with Crippen molar-refractivity contribution in [3.63, 3.8) is 0 Å². The van der Waals surface area contributed by atoms with E-state index >= 15 is 0 Å². The molecule has 26 heavy (non-hydrogen) atoms. The first kappa shape index (κ1) is 18.8. The molecule has 1 atom stereocenters. The van der Waals surface area contributed by atoms with Gasteiger partial charge in [0.2, 0.25) is 5.95 Å². The Kier molecular flexibility index (Phi) is 5.85. The summed E-state index contributed by atoms with van der Waals surface area (Å²) < 4.78 is 2.04. The van der Waals surface area contributed by atoms with Crippen LogP contribution in [0.3, 0.4) is 0 Å². The highest BCUT2D eigenvalue weighted by Crippen LogP contribution is 2.20. The summed E-state index contributed by atoms with van der Waals surface area (Å²) in [6, 6.07) is 2.04. The minimum Gasteiger partial charge on any atom is -0.385 e. The Balaban J connectivity index is 1.68. The molecule has 8 heteroatoms. The molecule has 0 amide bonds. The highest BCUT2D eigenvalue weighted by molar-refractivity contribution is 5.26. The SMILES string of the molecule is CN(C)C[C@@H](O)c1cc2n(n1)CCCN(Cc1cnc(N(C)C)nc1)C2. The molecule has 0 saturated heterocycles. The first-order valence-electron chi connectivity index (χ1n) is 9.02. The third-order valence-corrected chi connectivity index (χ3v) is 4.49. The highest BCUT2D eigenvalue weighted by Gasteiger charge is 2.20. The molecular weight excluding hydrogens is 330 g/mol. The van der Waals surface area contributed by atoms with Crippen molar-refractivity contribution in [2.24, 2.45) is 0 Å². The molecular formula is C18H29N7O. The molecule has 0 radical (unpaired) electrons. The van der Waals surface area contributed by atoms with Gasteiger partial charge in [0.25, 0.3) is 0 Å². The Morgan fingerprint density at radius 2 is 1.88 bits per heavy atom. The molecule has 0 saturated carbocycles. The molecule has 0 unspecified atom stereocenters. The first-order valence-corrected chi connectivity index (χ1v) is 9.02. The average molecular weight is 359 g/mol. The molecule has 0 aromatic carbocycles. The number of anilines is 1. The van der Waals surface area contributed by atoms with E-state index in [0.29, 0.717) is 6.54 Å². The number of likely N-dealkylation sites (N-methyl/N-ethyl adjacent to an activating group) is 1. The number of aliphatic hydroxyl groups excluding tert-OH is 1. The minimum atomic E-state index is -0.551. The zero-order chi connectivity index (χ0) is 18.7. The molecule has 0 spiro atoms. The van der Waals surface area contributed by atoms with Crippen LogP contribution in [-0.4, -0.2) is 75.9 Å². The number of aromatic nitrogens is 4. The summed E-state index contributed by atoms with van der Waals surface area (Å²) in [5.74, 6) is 0.724. The van der Waals surface area contributed by atoms with Gasteiger partial charge in [0.15, 0.2) is 0 Å². The predicted molar refractivity (Wildman–Crippen MR) is 101 cm³/mol. The molecule has 0 bridgehead atoms. The Bertz CT molecular complexity index is 711. The van der Waals surface area contributed by atoms with Gasteiger partial charge in [-0.05, 0) is 26.6 Å². The molecule has 3 heterocycles. The van der Waals surface area contributed by atoms with E-state index in [9.17, 15) is 5.11 Å². The lowest BCUT2D eigenvalue weighted by atomic mass is 10.2. The van der Waals surface area contributed by atoms with Crippen molar-refractivity contribution >= 4 is 5.95 Å². The second kappa shape index (κ2) is 8.11. The van der Waals surface area contributed by atoms with E-state index in [2.05, 4.69) is 20.0 Å². The number of hydrogen-bond acceptors (Lipinski definition) is 7. The maximum absolute atomic E-state index is 10.3. The van der Waals surface area contributed by atoms with Gasteiger partial charge >= 0.3 is 0 Å². The van der Waals surface area contributed by atoms with Gasteiger partial charge in [-0.15, -0.1) is 0 Å².